The van der Waals surface area contributed by atoms with Gasteiger partial charge in [-0.25, -0.2) is 4.79 Å². The fraction of sp³-hybridized carbons (Fsp3) is 0.417. The number of nitrogens with zero attached hydrogens (tertiary/aromatic N) is 1. The van der Waals surface area contributed by atoms with Crippen LogP contribution in [0.4, 0.5) is 0 Å². The highest BCUT2D eigenvalue weighted by Crippen LogP contribution is 2.04. The Hall–Kier alpha value is -1.95. The van der Waals surface area contributed by atoms with Crippen molar-refractivity contribution in [3.8, 4) is 0 Å². The van der Waals surface area contributed by atoms with Crippen LogP contribution in [0.25, 0.3) is 0 Å². The molecule has 0 spiro atoms. The predicted octanol–water partition coefficient (Wildman–Crippen LogP) is -0.103. The molecule has 3 N–H and O–H groups in total. The number of hydrogen-bond donors (Lipinski definition) is 2. The summed E-state index contributed by atoms with van der Waals surface area (Å²) in [6, 6.07) is 0.550. The van der Waals surface area contributed by atoms with Crippen LogP contribution in [-0.4, -0.2) is 29.5 Å². The van der Waals surface area contributed by atoms with Gasteiger partial charge in [0, 0.05) is 18.9 Å². The summed E-state index contributed by atoms with van der Waals surface area (Å²) in [5, 5.41) is 2.57. The Bertz CT molecular complexity index is 434. The first kappa shape index (κ1) is 14.1. The monoisotopic (exact) mass is 251 g/mol. The van der Waals surface area contributed by atoms with Gasteiger partial charge < -0.3 is 15.8 Å². The van der Waals surface area contributed by atoms with Crippen molar-refractivity contribution >= 4 is 11.9 Å². The number of esters is 1. The van der Waals surface area contributed by atoms with Crippen molar-refractivity contribution in [2.45, 2.75) is 26.4 Å². The van der Waals surface area contributed by atoms with Gasteiger partial charge in [0.25, 0.3) is 0 Å². The van der Waals surface area contributed by atoms with Crippen LogP contribution in [0, 0.1) is 6.92 Å². The topological polar surface area (TPSA) is 94.3 Å². The van der Waals surface area contributed by atoms with E-state index in [1.165, 1.54) is 0 Å². The molecule has 0 radical (unpaired) electrons. The normalized spacial score (nSPS) is 11.7. The van der Waals surface area contributed by atoms with Gasteiger partial charge in [-0.1, -0.05) is 0 Å². The molecular weight excluding hydrogens is 234 g/mol. The molecule has 0 aliphatic rings. The average Bonchev–Trinajstić information content (AvgIpc) is 2.36. The van der Waals surface area contributed by atoms with E-state index in [2.05, 4.69) is 15.0 Å². The van der Waals surface area contributed by atoms with Gasteiger partial charge in [-0.3, -0.25) is 9.78 Å². The van der Waals surface area contributed by atoms with Gasteiger partial charge in [-0.05, 0) is 31.0 Å². The van der Waals surface area contributed by atoms with Crippen molar-refractivity contribution in [3.63, 3.8) is 0 Å². The SMILES string of the molecule is CCOC(=O)C(N)C(=O)NCc1cnccc1C. The average molecular weight is 251 g/mol. The molecule has 1 heterocycles. The second-order valence-electron chi connectivity index (χ2n) is 3.75. The highest BCUT2D eigenvalue weighted by molar-refractivity contribution is 6.01. The van der Waals surface area contributed by atoms with E-state index in [1.54, 1.807) is 19.3 Å². The Kier molecular flexibility index (Phi) is 5.26. The molecule has 0 aliphatic heterocycles. The first-order valence-electron chi connectivity index (χ1n) is 5.65. The fourth-order valence-corrected chi connectivity index (χ4v) is 1.31. The molecule has 0 aliphatic carbocycles. The Morgan fingerprint density at radius 2 is 2.28 bits per heavy atom. The minimum atomic E-state index is -1.29. The smallest absolute Gasteiger partial charge is 0.332 e. The van der Waals surface area contributed by atoms with E-state index < -0.39 is 17.9 Å². The molecule has 0 saturated carbocycles. The van der Waals surface area contributed by atoms with E-state index in [-0.39, 0.29) is 13.2 Å². The standard InChI is InChI=1S/C12H17N3O3/c1-3-18-12(17)10(13)11(16)15-7-9-6-14-5-4-8(9)2/h4-6,10H,3,7,13H2,1-2H3,(H,15,16). The zero-order valence-electron chi connectivity index (χ0n) is 10.5. The van der Waals surface area contributed by atoms with Gasteiger partial charge in [0.2, 0.25) is 5.91 Å². The third kappa shape index (κ3) is 3.81. The van der Waals surface area contributed by atoms with Gasteiger partial charge >= 0.3 is 5.97 Å². The molecule has 1 unspecified atom stereocenters. The number of aryl methyl sites for hydroxylation is 1. The largest absolute Gasteiger partial charge is 0.464 e. The number of ether oxygens (including phenoxy) is 1. The number of amides is 1. The number of hydrogen-bond acceptors (Lipinski definition) is 5. The molecule has 1 atom stereocenters. The van der Waals surface area contributed by atoms with E-state index in [0.717, 1.165) is 11.1 Å². The lowest BCUT2D eigenvalue weighted by molar-refractivity contribution is -0.148. The van der Waals surface area contributed by atoms with E-state index in [9.17, 15) is 9.59 Å². The van der Waals surface area contributed by atoms with Crippen molar-refractivity contribution in [1.29, 1.82) is 0 Å². The molecule has 0 saturated heterocycles. The van der Waals surface area contributed by atoms with Crippen molar-refractivity contribution in [2.24, 2.45) is 5.73 Å². The number of nitrogens with two attached hydrogens (primary N) is 1. The molecule has 1 aromatic heterocycles. The molecule has 6 nitrogen and oxygen atoms in total. The van der Waals surface area contributed by atoms with Crippen LogP contribution in [0.15, 0.2) is 18.5 Å². The van der Waals surface area contributed by atoms with Crippen molar-refractivity contribution in [2.75, 3.05) is 6.61 Å². The number of carbonyl (C=O) groups excluding carboxylic acids is 2. The van der Waals surface area contributed by atoms with Crippen molar-refractivity contribution in [3.05, 3.63) is 29.6 Å². The van der Waals surface area contributed by atoms with E-state index in [4.69, 9.17) is 5.73 Å². The molecule has 0 aromatic carbocycles. The lowest BCUT2D eigenvalue weighted by atomic mass is 10.1. The van der Waals surface area contributed by atoms with Crippen LogP contribution < -0.4 is 11.1 Å². The van der Waals surface area contributed by atoms with Crippen LogP contribution >= 0.6 is 0 Å². The Balaban J connectivity index is 2.51. The fourth-order valence-electron chi connectivity index (χ4n) is 1.31. The first-order valence-corrected chi connectivity index (χ1v) is 5.65. The maximum Gasteiger partial charge on any atom is 0.332 e. The molecule has 98 valence electrons. The summed E-state index contributed by atoms with van der Waals surface area (Å²) >= 11 is 0. The lowest BCUT2D eigenvalue weighted by Gasteiger charge is -2.11. The molecule has 1 amide bonds. The third-order valence-electron chi connectivity index (χ3n) is 2.42. The van der Waals surface area contributed by atoms with Crippen LogP contribution in [0.2, 0.25) is 0 Å². The maximum absolute atomic E-state index is 11.6. The van der Waals surface area contributed by atoms with Crippen LogP contribution in [0.5, 0.6) is 0 Å². The van der Waals surface area contributed by atoms with Crippen molar-refractivity contribution < 1.29 is 14.3 Å². The lowest BCUT2D eigenvalue weighted by Crippen LogP contribution is -2.46. The molecule has 1 rings (SSSR count). The Morgan fingerprint density at radius 1 is 1.56 bits per heavy atom. The van der Waals surface area contributed by atoms with Crippen molar-refractivity contribution in [1.82, 2.24) is 10.3 Å². The van der Waals surface area contributed by atoms with Gasteiger partial charge in [0.1, 0.15) is 0 Å². The molecule has 6 heteroatoms. The number of nitrogens with one attached hydrogen (secondary N) is 1. The van der Waals surface area contributed by atoms with Gasteiger partial charge in [0.05, 0.1) is 6.61 Å². The first-order chi connectivity index (χ1) is 8.56. The number of rotatable bonds is 5. The van der Waals surface area contributed by atoms with Crippen LogP contribution in [0.3, 0.4) is 0 Å². The zero-order valence-corrected chi connectivity index (χ0v) is 10.5. The summed E-state index contributed by atoms with van der Waals surface area (Å²) in [5.74, 6) is -1.28. The molecule has 0 bridgehead atoms. The Morgan fingerprint density at radius 3 is 2.89 bits per heavy atom. The highest BCUT2D eigenvalue weighted by atomic mass is 16.5. The van der Waals surface area contributed by atoms with Gasteiger partial charge in [0.15, 0.2) is 6.04 Å². The molecule has 18 heavy (non-hydrogen) atoms. The number of aromatic nitrogens is 1. The predicted molar refractivity (Wildman–Crippen MR) is 65.4 cm³/mol. The minimum Gasteiger partial charge on any atom is -0.464 e. The molecule has 1 aromatic rings. The number of carbonyl (C=O) groups is 2. The van der Waals surface area contributed by atoms with Crippen LogP contribution in [-0.2, 0) is 20.9 Å². The summed E-state index contributed by atoms with van der Waals surface area (Å²) < 4.78 is 4.66. The second-order valence-corrected chi connectivity index (χ2v) is 3.75. The second kappa shape index (κ2) is 6.70. The third-order valence-corrected chi connectivity index (χ3v) is 2.42. The van der Waals surface area contributed by atoms with E-state index >= 15 is 0 Å². The summed E-state index contributed by atoms with van der Waals surface area (Å²) in [6.45, 7) is 4.04. The van der Waals surface area contributed by atoms with Gasteiger partial charge in [-0.15, -0.1) is 0 Å². The van der Waals surface area contributed by atoms with Crippen LogP contribution in [0.1, 0.15) is 18.1 Å². The summed E-state index contributed by atoms with van der Waals surface area (Å²) in [5.41, 5.74) is 7.33. The zero-order chi connectivity index (χ0) is 13.5. The molecular formula is C12H17N3O3. The summed E-state index contributed by atoms with van der Waals surface area (Å²) in [7, 11) is 0. The van der Waals surface area contributed by atoms with Gasteiger partial charge in [-0.2, -0.15) is 0 Å². The van der Waals surface area contributed by atoms with E-state index in [0.29, 0.717) is 0 Å². The summed E-state index contributed by atoms with van der Waals surface area (Å²) in [6.07, 6.45) is 3.33. The molecule has 0 fully saturated rings. The summed E-state index contributed by atoms with van der Waals surface area (Å²) in [4.78, 5) is 26.8. The minimum absolute atomic E-state index is 0.196. The highest BCUT2D eigenvalue weighted by Gasteiger charge is 2.22. The number of pyridine rings is 1. The Labute approximate surface area is 106 Å². The maximum atomic E-state index is 11.6. The quantitative estimate of drug-likeness (QED) is 0.563. The van der Waals surface area contributed by atoms with E-state index in [1.807, 2.05) is 13.0 Å².